The first kappa shape index (κ1) is 13.8. The van der Waals surface area contributed by atoms with Crippen LogP contribution in [0.5, 0.6) is 0 Å². The molecule has 1 saturated carbocycles. The quantitative estimate of drug-likeness (QED) is 0.621. The van der Waals surface area contributed by atoms with Crippen LogP contribution in [-0.2, 0) is 6.42 Å². The molecule has 0 amide bonds. The number of fused-ring (bicyclic) bond motifs is 2. The number of H-pyrrole nitrogens is 1. The van der Waals surface area contributed by atoms with Crippen LogP contribution in [0.2, 0.25) is 0 Å². The highest BCUT2D eigenvalue weighted by molar-refractivity contribution is 5.98. The summed E-state index contributed by atoms with van der Waals surface area (Å²) in [5, 5.41) is 15.3. The van der Waals surface area contributed by atoms with Gasteiger partial charge in [-0.3, -0.25) is 4.68 Å². The van der Waals surface area contributed by atoms with Gasteiger partial charge in [0.2, 0.25) is 0 Å². The van der Waals surface area contributed by atoms with E-state index in [-0.39, 0.29) is 6.04 Å². The SMILES string of the molecule is N#CCC(C1CCCC1)n1ncc2c1Cc1c[nH]c3nccc-2c13. The summed E-state index contributed by atoms with van der Waals surface area (Å²) >= 11 is 0. The van der Waals surface area contributed by atoms with Gasteiger partial charge in [-0.25, -0.2) is 4.98 Å². The third-order valence-corrected chi connectivity index (χ3v) is 5.76. The van der Waals surface area contributed by atoms with Gasteiger partial charge in [-0.15, -0.1) is 0 Å². The molecule has 1 atom stereocenters. The van der Waals surface area contributed by atoms with Crippen molar-refractivity contribution >= 4 is 11.0 Å². The molecular weight excluding hydrogens is 298 g/mol. The average molecular weight is 317 g/mol. The molecule has 1 fully saturated rings. The molecule has 0 saturated heterocycles. The maximum atomic E-state index is 9.34. The molecule has 2 aliphatic carbocycles. The van der Waals surface area contributed by atoms with E-state index in [1.807, 2.05) is 12.4 Å². The van der Waals surface area contributed by atoms with Crippen LogP contribution in [0.3, 0.4) is 0 Å². The molecular formula is C19H19N5. The monoisotopic (exact) mass is 317 g/mol. The maximum absolute atomic E-state index is 9.34. The topological polar surface area (TPSA) is 70.3 Å². The number of hydrogen-bond acceptors (Lipinski definition) is 3. The number of nitrogens with zero attached hydrogens (tertiary/aromatic N) is 4. The van der Waals surface area contributed by atoms with Crippen molar-refractivity contribution in [2.75, 3.05) is 0 Å². The van der Waals surface area contributed by atoms with Gasteiger partial charge in [0.15, 0.2) is 0 Å². The third kappa shape index (κ3) is 1.86. The van der Waals surface area contributed by atoms with Crippen LogP contribution >= 0.6 is 0 Å². The second-order valence-corrected chi connectivity index (χ2v) is 7.00. The summed E-state index contributed by atoms with van der Waals surface area (Å²) in [5.41, 5.74) is 5.90. The van der Waals surface area contributed by atoms with Crippen LogP contribution in [-0.4, -0.2) is 19.7 Å². The van der Waals surface area contributed by atoms with E-state index in [4.69, 9.17) is 5.10 Å². The number of hydrogen-bond donors (Lipinski definition) is 1. The molecule has 1 unspecified atom stereocenters. The minimum atomic E-state index is 0.207. The molecule has 0 aliphatic heterocycles. The van der Waals surface area contributed by atoms with Gasteiger partial charge in [0.25, 0.3) is 0 Å². The number of aromatic nitrogens is 4. The van der Waals surface area contributed by atoms with Crippen LogP contribution in [0.1, 0.15) is 49.4 Å². The largest absolute Gasteiger partial charge is 0.346 e. The smallest absolute Gasteiger partial charge is 0.138 e. The lowest BCUT2D eigenvalue weighted by Crippen LogP contribution is -2.21. The van der Waals surface area contributed by atoms with Crippen LogP contribution in [0, 0.1) is 17.2 Å². The zero-order valence-corrected chi connectivity index (χ0v) is 13.5. The standard InChI is InChI=1S/C19H19N5/c20-7-5-16(12-3-1-2-4-12)24-17-9-13-10-22-19-18(13)14(6-8-21-19)15(17)11-23-24/h6,8,10-12,16H,1-5,9H2,(H,21,22). The van der Waals surface area contributed by atoms with E-state index in [1.165, 1.54) is 53.5 Å². The Morgan fingerprint density at radius 2 is 2.21 bits per heavy atom. The Balaban J connectivity index is 1.65. The van der Waals surface area contributed by atoms with E-state index in [2.05, 4.69) is 33.0 Å². The fourth-order valence-electron chi connectivity index (χ4n) is 4.63. The van der Waals surface area contributed by atoms with E-state index in [0.717, 1.165) is 12.1 Å². The van der Waals surface area contributed by atoms with E-state index in [0.29, 0.717) is 12.3 Å². The second kappa shape index (κ2) is 5.20. The summed E-state index contributed by atoms with van der Waals surface area (Å²) in [5.74, 6) is 0.582. The summed E-state index contributed by atoms with van der Waals surface area (Å²) in [4.78, 5) is 7.71. The Morgan fingerprint density at radius 3 is 3.04 bits per heavy atom. The van der Waals surface area contributed by atoms with Gasteiger partial charge in [0.05, 0.1) is 30.4 Å². The Labute approximate surface area is 140 Å². The summed E-state index contributed by atoms with van der Waals surface area (Å²) in [7, 11) is 0. The Kier molecular flexibility index (Phi) is 2.99. The van der Waals surface area contributed by atoms with Crippen molar-refractivity contribution in [1.29, 1.82) is 5.26 Å². The minimum absolute atomic E-state index is 0.207. The van der Waals surface area contributed by atoms with Crippen molar-refractivity contribution in [3.8, 4) is 17.2 Å². The summed E-state index contributed by atoms with van der Waals surface area (Å²) in [6.07, 6.45) is 12.3. The number of pyridine rings is 1. The van der Waals surface area contributed by atoms with Crippen molar-refractivity contribution in [3.63, 3.8) is 0 Å². The molecule has 0 spiro atoms. The Hall–Kier alpha value is -2.61. The normalized spacial score (nSPS) is 17.8. The van der Waals surface area contributed by atoms with Crippen LogP contribution in [0.4, 0.5) is 0 Å². The zero-order valence-electron chi connectivity index (χ0n) is 13.5. The molecule has 5 nitrogen and oxygen atoms in total. The summed E-state index contributed by atoms with van der Waals surface area (Å²) < 4.78 is 2.16. The van der Waals surface area contributed by atoms with E-state index >= 15 is 0 Å². The van der Waals surface area contributed by atoms with Crippen molar-refractivity contribution in [2.24, 2.45) is 5.92 Å². The van der Waals surface area contributed by atoms with E-state index < -0.39 is 0 Å². The summed E-state index contributed by atoms with van der Waals surface area (Å²) in [6.45, 7) is 0. The van der Waals surface area contributed by atoms with Crippen molar-refractivity contribution in [2.45, 2.75) is 44.6 Å². The first-order chi connectivity index (χ1) is 11.9. The Morgan fingerprint density at radius 1 is 1.33 bits per heavy atom. The lowest BCUT2D eigenvalue weighted by Gasteiger charge is -2.25. The average Bonchev–Trinajstić information content (AvgIpc) is 3.34. The van der Waals surface area contributed by atoms with Crippen LogP contribution in [0.15, 0.2) is 24.7 Å². The lowest BCUT2D eigenvalue weighted by molar-refractivity contribution is 0.308. The first-order valence-electron chi connectivity index (χ1n) is 8.75. The van der Waals surface area contributed by atoms with Gasteiger partial charge in [-0.2, -0.15) is 10.4 Å². The van der Waals surface area contributed by atoms with Crippen molar-refractivity contribution < 1.29 is 0 Å². The number of nitrogens with one attached hydrogen (secondary N) is 1. The fourth-order valence-corrected chi connectivity index (χ4v) is 4.63. The molecule has 0 aromatic carbocycles. The number of nitriles is 1. The molecule has 5 heteroatoms. The predicted octanol–water partition coefficient (Wildman–Crippen LogP) is 3.98. The minimum Gasteiger partial charge on any atom is -0.346 e. The summed E-state index contributed by atoms with van der Waals surface area (Å²) in [6, 6.07) is 4.69. The highest BCUT2D eigenvalue weighted by Crippen LogP contribution is 2.42. The molecule has 5 rings (SSSR count). The molecule has 24 heavy (non-hydrogen) atoms. The molecule has 120 valence electrons. The van der Waals surface area contributed by atoms with Crippen molar-refractivity contribution in [3.05, 3.63) is 35.9 Å². The second-order valence-electron chi connectivity index (χ2n) is 7.00. The number of rotatable bonds is 3. The predicted molar refractivity (Wildman–Crippen MR) is 91.3 cm³/mol. The van der Waals surface area contributed by atoms with E-state index in [1.54, 1.807) is 0 Å². The van der Waals surface area contributed by atoms with Crippen LogP contribution < -0.4 is 0 Å². The van der Waals surface area contributed by atoms with Gasteiger partial charge < -0.3 is 4.98 Å². The highest BCUT2D eigenvalue weighted by Gasteiger charge is 2.31. The molecule has 2 aliphatic rings. The van der Waals surface area contributed by atoms with Gasteiger partial charge >= 0.3 is 0 Å². The highest BCUT2D eigenvalue weighted by atomic mass is 15.3. The van der Waals surface area contributed by atoms with Gasteiger partial charge in [0, 0.05) is 29.8 Å². The zero-order chi connectivity index (χ0) is 16.1. The van der Waals surface area contributed by atoms with Gasteiger partial charge in [-0.05, 0) is 36.0 Å². The van der Waals surface area contributed by atoms with Crippen molar-refractivity contribution in [1.82, 2.24) is 19.7 Å². The third-order valence-electron chi connectivity index (χ3n) is 5.76. The molecule has 1 N–H and O–H groups in total. The molecule has 3 aromatic heterocycles. The Bertz CT molecular complexity index is 952. The lowest BCUT2D eigenvalue weighted by atomic mass is 9.91. The molecule has 0 radical (unpaired) electrons. The van der Waals surface area contributed by atoms with Gasteiger partial charge in [0.1, 0.15) is 5.65 Å². The molecule has 3 aromatic rings. The first-order valence-corrected chi connectivity index (χ1v) is 8.75. The van der Waals surface area contributed by atoms with Crippen LogP contribution in [0.25, 0.3) is 22.2 Å². The van der Waals surface area contributed by atoms with E-state index in [9.17, 15) is 5.26 Å². The number of aromatic amines is 1. The van der Waals surface area contributed by atoms with Gasteiger partial charge in [-0.1, -0.05) is 12.8 Å². The molecule has 0 bridgehead atoms. The molecule has 3 heterocycles. The maximum Gasteiger partial charge on any atom is 0.138 e. The fraction of sp³-hybridized carbons (Fsp3) is 0.421.